The normalized spacial score (nSPS) is 13.2. The average molecular weight is 396 g/mol. The number of aliphatic imine (C=N–C) groups is 2. The van der Waals surface area contributed by atoms with E-state index < -0.39 is 10.8 Å². The van der Waals surface area contributed by atoms with E-state index in [1.807, 2.05) is 65.0 Å². The van der Waals surface area contributed by atoms with E-state index >= 15 is 0 Å². The molecule has 0 N–H and O–H groups in total. The molecule has 0 bridgehead atoms. The molecule has 0 saturated heterocycles. The molecule has 4 nitrogen and oxygen atoms in total. The van der Waals surface area contributed by atoms with Crippen LogP contribution >= 0.6 is 11.6 Å². The number of ether oxygens (including phenoxy) is 1. The Hall–Kier alpha value is -2.64. The number of nitrogens with zero attached hydrogens (tertiary/aromatic N) is 3. The van der Waals surface area contributed by atoms with E-state index in [4.69, 9.17) is 21.3 Å². The highest BCUT2D eigenvalue weighted by molar-refractivity contribution is 6.30. The van der Waals surface area contributed by atoms with Crippen LogP contribution in [0.15, 0.2) is 64.6 Å². The molecule has 2 aromatic carbocycles. The highest BCUT2D eigenvalue weighted by Crippen LogP contribution is 2.43. The lowest BCUT2D eigenvalue weighted by molar-refractivity contribution is 0.203. The summed E-state index contributed by atoms with van der Waals surface area (Å²) < 4.78 is 5.93. The smallest absolute Gasteiger partial charge is 0.195 e. The van der Waals surface area contributed by atoms with Crippen LogP contribution in [0.5, 0.6) is 0 Å². The average Bonchev–Trinajstić information content (AvgIpc) is 2.67. The SMILES string of the molecule is CCOC(=Nc1ccccc1)C(C)(C)C(C)(C)C(C#N)=Nc1ccc(Cl)cc1. The van der Waals surface area contributed by atoms with Gasteiger partial charge in [-0.05, 0) is 43.3 Å². The third kappa shape index (κ3) is 4.79. The predicted octanol–water partition coefficient (Wildman–Crippen LogP) is 6.76. The second kappa shape index (κ2) is 9.03. The van der Waals surface area contributed by atoms with Crippen molar-refractivity contribution < 1.29 is 4.74 Å². The maximum atomic E-state index is 9.85. The van der Waals surface area contributed by atoms with Gasteiger partial charge in [-0.25, -0.2) is 9.98 Å². The van der Waals surface area contributed by atoms with Gasteiger partial charge in [0, 0.05) is 10.4 Å². The molecule has 2 rings (SSSR count). The second-order valence-electron chi connectivity index (χ2n) is 7.48. The van der Waals surface area contributed by atoms with Gasteiger partial charge in [-0.1, -0.05) is 57.5 Å². The summed E-state index contributed by atoms with van der Waals surface area (Å²) in [5, 5.41) is 10.5. The highest BCUT2D eigenvalue weighted by atomic mass is 35.5. The van der Waals surface area contributed by atoms with E-state index in [0.717, 1.165) is 5.69 Å². The first-order valence-corrected chi connectivity index (χ1v) is 9.62. The summed E-state index contributed by atoms with van der Waals surface area (Å²) in [5.41, 5.74) is 0.676. The maximum Gasteiger partial charge on any atom is 0.195 e. The lowest BCUT2D eigenvalue weighted by Gasteiger charge is -2.40. The summed E-state index contributed by atoms with van der Waals surface area (Å²) in [7, 11) is 0. The predicted molar refractivity (Wildman–Crippen MR) is 117 cm³/mol. The third-order valence-corrected chi connectivity index (χ3v) is 5.38. The standard InChI is InChI=1S/C23H26ClN3O/c1-6-28-21(27-18-10-8-7-9-11-18)23(4,5)22(2,3)20(16-25)26-19-14-12-17(24)13-15-19/h7-15H,6H2,1-5H3. The summed E-state index contributed by atoms with van der Waals surface area (Å²) in [4.78, 5) is 9.33. The molecule has 28 heavy (non-hydrogen) atoms. The molecule has 0 atom stereocenters. The first kappa shape index (κ1) is 21.7. The van der Waals surface area contributed by atoms with Crippen LogP contribution in [0.2, 0.25) is 5.02 Å². The van der Waals surface area contributed by atoms with Crippen molar-refractivity contribution in [2.75, 3.05) is 6.61 Å². The highest BCUT2D eigenvalue weighted by Gasteiger charge is 2.46. The van der Waals surface area contributed by atoms with Crippen molar-refractivity contribution in [1.82, 2.24) is 0 Å². The maximum absolute atomic E-state index is 9.85. The number of hydrogen-bond acceptors (Lipinski definition) is 4. The van der Waals surface area contributed by atoms with Gasteiger partial charge in [0.2, 0.25) is 0 Å². The molecule has 0 heterocycles. The molecule has 146 valence electrons. The first-order chi connectivity index (χ1) is 13.2. The van der Waals surface area contributed by atoms with Gasteiger partial charge in [-0.15, -0.1) is 0 Å². The van der Waals surface area contributed by atoms with Crippen molar-refractivity contribution in [3.8, 4) is 6.07 Å². The molecule has 0 amide bonds. The fourth-order valence-corrected chi connectivity index (χ4v) is 2.75. The van der Waals surface area contributed by atoms with Gasteiger partial charge in [-0.3, -0.25) is 0 Å². The van der Waals surface area contributed by atoms with Crippen LogP contribution in [0.4, 0.5) is 11.4 Å². The Bertz CT molecular complexity index is 892. The summed E-state index contributed by atoms with van der Waals surface area (Å²) in [6.45, 7) is 10.4. The van der Waals surface area contributed by atoms with Gasteiger partial charge in [0.25, 0.3) is 0 Å². The van der Waals surface area contributed by atoms with Crippen LogP contribution < -0.4 is 0 Å². The Morgan fingerprint density at radius 3 is 2.04 bits per heavy atom. The minimum absolute atomic E-state index is 0.403. The summed E-state index contributed by atoms with van der Waals surface area (Å²) in [6.07, 6.45) is 0. The Balaban J connectivity index is 2.50. The number of halogens is 1. The topological polar surface area (TPSA) is 57.7 Å². The van der Waals surface area contributed by atoms with Gasteiger partial charge in [-0.2, -0.15) is 5.26 Å². The molecule has 0 saturated carbocycles. The van der Waals surface area contributed by atoms with Crippen LogP contribution in [0.1, 0.15) is 34.6 Å². The first-order valence-electron chi connectivity index (χ1n) is 9.24. The molecular formula is C23H26ClN3O. The largest absolute Gasteiger partial charge is 0.481 e. The summed E-state index contributed by atoms with van der Waals surface area (Å²) in [5.74, 6) is 0.574. The molecule has 2 aromatic rings. The van der Waals surface area contributed by atoms with E-state index in [0.29, 0.717) is 28.9 Å². The van der Waals surface area contributed by atoms with Crippen molar-refractivity contribution in [3.05, 3.63) is 59.6 Å². The van der Waals surface area contributed by atoms with Gasteiger partial charge in [0.1, 0.15) is 11.8 Å². The molecular weight excluding hydrogens is 370 g/mol. The molecule has 0 radical (unpaired) electrons. The van der Waals surface area contributed by atoms with Crippen LogP contribution in [0, 0.1) is 22.2 Å². The summed E-state index contributed by atoms with van der Waals surface area (Å²) >= 11 is 5.95. The minimum Gasteiger partial charge on any atom is -0.481 e. The zero-order valence-electron chi connectivity index (χ0n) is 17.0. The number of hydrogen-bond donors (Lipinski definition) is 0. The van der Waals surface area contributed by atoms with Crippen LogP contribution in [0.3, 0.4) is 0 Å². The van der Waals surface area contributed by atoms with Gasteiger partial charge in [0.05, 0.1) is 23.4 Å². The number of rotatable bonds is 6. The van der Waals surface area contributed by atoms with Crippen molar-refractivity contribution >= 4 is 34.6 Å². The zero-order chi connectivity index (χ0) is 20.8. The molecule has 0 aliphatic heterocycles. The molecule has 5 heteroatoms. The monoisotopic (exact) mass is 395 g/mol. The minimum atomic E-state index is -0.635. The van der Waals surface area contributed by atoms with Crippen LogP contribution in [-0.4, -0.2) is 18.2 Å². The number of para-hydroxylation sites is 1. The fraction of sp³-hybridized carbons (Fsp3) is 0.348. The van der Waals surface area contributed by atoms with E-state index in [1.54, 1.807) is 24.3 Å². The molecule has 0 aliphatic rings. The van der Waals surface area contributed by atoms with Crippen molar-refractivity contribution in [2.24, 2.45) is 20.8 Å². The van der Waals surface area contributed by atoms with E-state index in [9.17, 15) is 5.26 Å². The lowest BCUT2D eigenvalue weighted by atomic mass is 9.65. The number of benzene rings is 2. The Morgan fingerprint density at radius 1 is 0.929 bits per heavy atom. The Morgan fingerprint density at radius 2 is 1.50 bits per heavy atom. The van der Waals surface area contributed by atoms with Crippen LogP contribution in [0.25, 0.3) is 0 Å². The summed E-state index contributed by atoms with van der Waals surface area (Å²) in [6, 6.07) is 19.1. The Kier molecular flexibility index (Phi) is 6.99. The second-order valence-corrected chi connectivity index (χ2v) is 7.92. The fourth-order valence-electron chi connectivity index (χ4n) is 2.62. The van der Waals surface area contributed by atoms with Crippen molar-refractivity contribution in [3.63, 3.8) is 0 Å². The van der Waals surface area contributed by atoms with Gasteiger partial charge >= 0.3 is 0 Å². The molecule has 0 fully saturated rings. The van der Waals surface area contributed by atoms with Crippen molar-refractivity contribution in [1.29, 1.82) is 5.26 Å². The van der Waals surface area contributed by atoms with Gasteiger partial charge in [0.15, 0.2) is 5.90 Å². The number of nitriles is 1. The Labute approximate surface area is 172 Å². The third-order valence-electron chi connectivity index (χ3n) is 5.13. The van der Waals surface area contributed by atoms with Crippen LogP contribution in [-0.2, 0) is 4.74 Å². The quantitative estimate of drug-likeness (QED) is 0.401. The van der Waals surface area contributed by atoms with E-state index in [1.165, 1.54) is 0 Å². The zero-order valence-corrected chi connectivity index (χ0v) is 17.8. The lowest BCUT2D eigenvalue weighted by Crippen LogP contribution is -2.45. The van der Waals surface area contributed by atoms with Crippen molar-refractivity contribution in [2.45, 2.75) is 34.6 Å². The molecule has 0 aliphatic carbocycles. The molecule has 0 spiro atoms. The van der Waals surface area contributed by atoms with Gasteiger partial charge < -0.3 is 4.74 Å². The van der Waals surface area contributed by atoms with E-state index in [2.05, 4.69) is 11.1 Å². The molecule has 0 aromatic heterocycles. The van der Waals surface area contributed by atoms with E-state index in [-0.39, 0.29) is 0 Å². The molecule has 0 unspecified atom stereocenters.